The lowest BCUT2D eigenvalue weighted by molar-refractivity contribution is 0.0461. The Morgan fingerprint density at radius 1 is 1.17 bits per heavy atom. The SMILES string of the molecule is CC(C)c1nc2ccc(F)cc2n1[C@H]1CCCN(C[C@H]2COc3ccccc3O2)C1. The van der Waals surface area contributed by atoms with Gasteiger partial charge in [0.1, 0.15) is 24.4 Å². The van der Waals surface area contributed by atoms with Crippen LogP contribution in [0.2, 0.25) is 0 Å². The predicted octanol–water partition coefficient (Wildman–Crippen LogP) is 4.78. The van der Waals surface area contributed by atoms with Crippen molar-refractivity contribution in [3.63, 3.8) is 0 Å². The molecule has 30 heavy (non-hydrogen) atoms. The van der Waals surface area contributed by atoms with Gasteiger partial charge in [-0.2, -0.15) is 0 Å². The highest BCUT2D eigenvalue weighted by molar-refractivity contribution is 5.76. The van der Waals surface area contributed by atoms with Gasteiger partial charge in [0, 0.05) is 25.0 Å². The van der Waals surface area contributed by atoms with Crippen molar-refractivity contribution >= 4 is 11.0 Å². The van der Waals surface area contributed by atoms with Crippen LogP contribution in [0.25, 0.3) is 11.0 Å². The number of fused-ring (bicyclic) bond motifs is 2. The molecule has 5 rings (SSSR count). The van der Waals surface area contributed by atoms with Gasteiger partial charge in [0.15, 0.2) is 11.5 Å². The summed E-state index contributed by atoms with van der Waals surface area (Å²) in [6.07, 6.45) is 2.19. The maximum absolute atomic E-state index is 14.0. The second kappa shape index (κ2) is 7.91. The summed E-state index contributed by atoms with van der Waals surface area (Å²) in [5.41, 5.74) is 1.77. The fourth-order valence-corrected chi connectivity index (χ4v) is 4.72. The highest BCUT2D eigenvalue weighted by Crippen LogP contribution is 2.33. The summed E-state index contributed by atoms with van der Waals surface area (Å²) in [4.78, 5) is 7.28. The zero-order valence-electron chi connectivity index (χ0n) is 17.6. The van der Waals surface area contributed by atoms with E-state index >= 15 is 0 Å². The lowest BCUT2D eigenvalue weighted by Gasteiger charge is -2.37. The topological polar surface area (TPSA) is 39.5 Å². The molecule has 2 atom stereocenters. The molecule has 0 aliphatic carbocycles. The van der Waals surface area contributed by atoms with Crippen LogP contribution in [0.5, 0.6) is 11.5 Å². The number of likely N-dealkylation sites (tertiary alicyclic amines) is 1. The minimum absolute atomic E-state index is 0.0141. The van der Waals surface area contributed by atoms with Gasteiger partial charge in [-0.05, 0) is 49.7 Å². The van der Waals surface area contributed by atoms with E-state index in [-0.39, 0.29) is 23.9 Å². The largest absolute Gasteiger partial charge is 0.486 e. The summed E-state index contributed by atoms with van der Waals surface area (Å²) in [5, 5.41) is 0. The van der Waals surface area contributed by atoms with Crippen LogP contribution in [0.1, 0.15) is 44.5 Å². The lowest BCUT2D eigenvalue weighted by atomic mass is 10.0. The fraction of sp³-hybridized carbons (Fsp3) is 0.458. The highest BCUT2D eigenvalue weighted by atomic mass is 19.1. The number of piperidine rings is 1. The first-order valence-electron chi connectivity index (χ1n) is 10.9. The lowest BCUT2D eigenvalue weighted by Crippen LogP contribution is -2.45. The Morgan fingerprint density at radius 3 is 2.83 bits per heavy atom. The molecule has 3 heterocycles. The molecule has 5 nitrogen and oxygen atoms in total. The molecule has 158 valence electrons. The van der Waals surface area contributed by atoms with E-state index in [0.717, 1.165) is 60.8 Å². The Bertz CT molecular complexity index is 1050. The van der Waals surface area contributed by atoms with Crippen molar-refractivity contribution in [2.75, 3.05) is 26.2 Å². The number of halogens is 1. The summed E-state index contributed by atoms with van der Waals surface area (Å²) < 4.78 is 28.4. The molecule has 2 aliphatic rings. The Morgan fingerprint density at radius 2 is 2.00 bits per heavy atom. The van der Waals surface area contributed by atoms with Crippen LogP contribution in [0.4, 0.5) is 4.39 Å². The molecule has 0 bridgehead atoms. The van der Waals surface area contributed by atoms with E-state index in [4.69, 9.17) is 14.5 Å². The quantitative estimate of drug-likeness (QED) is 0.622. The smallest absolute Gasteiger partial charge is 0.161 e. The molecule has 6 heteroatoms. The number of imidazole rings is 1. The van der Waals surface area contributed by atoms with Gasteiger partial charge in [-0.25, -0.2) is 9.37 Å². The molecule has 0 unspecified atom stereocenters. The van der Waals surface area contributed by atoms with E-state index in [1.54, 1.807) is 12.1 Å². The number of hydrogen-bond donors (Lipinski definition) is 0. The number of ether oxygens (including phenoxy) is 2. The third-order valence-corrected chi connectivity index (χ3v) is 6.07. The number of aromatic nitrogens is 2. The van der Waals surface area contributed by atoms with E-state index in [1.165, 1.54) is 6.07 Å². The summed E-state index contributed by atoms with van der Waals surface area (Å²) in [6, 6.07) is 13.0. The highest BCUT2D eigenvalue weighted by Gasteiger charge is 2.29. The van der Waals surface area contributed by atoms with Crippen LogP contribution in [0, 0.1) is 5.82 Å². The van der Waals surface area contributed by atoms with Gasteiger partial charge in [-0.3, -0.25) is 4.90 Å². The third-order valence-electron chi connectivity index (χ3n) is 6.07. The third kappa shape index (κ3) is 3.65. The first kappa shape index (κ1) is 19.4. The molecule has 1 saturated heterocycles. The number of para-hydroxylation sites is 2. The second-order valence-corrected chi connectivity index (χ2v) is 8.68. The molecule has 0 N–H and O–H groups in total. The monoisotopic (exact) mass is 409 g/mol. The number of rotatable bonds is 4. The van der Waals surface area contributed by atoms with E-state index in [2.05, 4.69) is 23.3 Å². The van der Waals surface area contributed by atoms with E-state index in [9.17, 15) is 4.39 Å². The molecule has 2 aromatic carbocycles. The maximum atomic E-state index is 14.0. The molecule has 1 fully saturated rings. The van der Waals surface area contributed by atoms with Crippen molar-refractivity contribution in [3.8, 4) is 11.5 Å². The van der Waals surface area contributed by atoms with Crippen LogP contribution in [-0.2, 0) is 0 Å². The summed E-state index contributed by atoms with van der Waals surface area (Å²) in [6.45, 7) is 7.63. The minimum Gasteiger partial charge on any atom is -0.486 e. The molecule has 3 aromatic rings. The zero-order chi connectivity index (χ0) is 20.7. The second-order valence-electron chi connectivity index (χ2n) is 8.68. The average molecular weight is 410 g/mol. The van der Waals surface area contributed by atoms with E-state index < -0.39 is 0 Å². The summed E-state index contributed by atoms with van der Waals surface area (Å²) in [7, 11) is 0. The normalized spacial score (nSPS) is 22.0. The van der Waals surface area contributed by atoms with Gasteiger partial charge in [0.25, 0.3) is 0 Å². The molecule has 2 aliphatic heterocycles. The predicted molar refractivity (Wildman–Crippen MR) is 115 cm³/mol. The first-order valence-corrected chi connectivity index (χ1v) is 10.9. The molecule has 0 spiro atoms. The standard InChI is InChI=1S/C24H28FN3O2/c1-16(2)24-26-20-10-9-17(25)12-21(20)28(24)18-6-5-11-27(13-18)14-19-15-29-22-7-3-4-8-23(22)30-19/h3-4,7-10,12,16,18-19H,5-6,11,13-15H2,1-2H3/t18-,19-/m0/s1. The summed E-state index contributed by atoms with van der Waals surface area (Å²) in [5.74, 6) is 2.74. The Hall–Kier alpha value is -2.60. The fourth-order valence-electron chi connectivity index (χ4n) is 4.72. The zero-order valence-corrected chi connectivity index (χ0v) is 17.6. The van der Waals surface area contributed by atoms with Crippen molar-refractivity contribution in [2.45, 2.75) is 44.8 Å². The number of benzene rings is 2. The van der Waals surface area contributed by atoms with Crippen molar-refractivity contribution in [1.82, 2.24) is 14.5 Å². The van der Waals surface area contributed by atoms with Gasteiger partial charge >= 0.3 is 0 Å². The van der Waals surface area contributed by atoms with Gasteiger partial charge in [0.2, 0.25) is 0 Å². The Labute approximate surface area is 176 Å². The average Bonchev–Trinajstić information content (AvgIpc) is 3.13. The molecule has 0 radical (unpaired) electrons. The van der Waals surface area contributed by atoms with Crippen molar-refractivity contribution < 1.29 is 13.9 Å². The van der Waals surface area contributed by atoms with Crippen LogP contribution in [-0.4, -0.2) is 46.8 Å². The van der Waals surface area contributed by atoms with Gasteiger partial charge < -0.3 is 14.0 Å². The van der Waals surface area contributed by atoms with Crippen molar-refractivity contribution in [3.05, 3.63) is 54.1 Å². The molecular formula is C24H28FN3O2. The molecular weight excluding hydrogens is 381 g/mol. The molecule has 0 saturated carbocycles. The van der Waals surface area contributed by atoms with Gasteiger partial charge in [-0.1, -0.05) is 26.0 Å². The van der Waals surface area contributed by atoms with Crippen molar-refractivity contribution in [2.24, 2.45) is 0 Å². The Kier molecular flexibility index (Phi) is 5.11. The maximum Gasteiger partial charge on any atom is 0.161 e. The Balaban J connectivity index is 1.36. The van der Waals surface area contributed by atoms with Crippen LogP contribution in [0.3, 0.4) is 0 Å². The van der Waals surface area contributed by atoms with E-state index in [0.29, 0.717) is 6.61 Å². The van der Waals surface area contributed by atoms with Gasteiger partial charge in [0.05, 0.1) is 11.0 Å². The number of nitrogens with zero attached hydrogens (tertiary/aromatic N) is 3. The van der Waals surface area contributed by atoms with Crippen molar-refractivity contribution in [1.29, 1.82) is 0 Å². The van der Waals surface area contributed by atoms with Crippen LogP contribution in [0.15, 0.2) is 42.5 Å². The number of hydrogen-bond acceptors (Lipinski definition) is 4. The minimum atomic E-state index is -0.210. The first-order chi connectivity index (χ1) is 14.6. The summed E-state index contributed by atoms with van der Waals surface area (Å²) >= 11 is 0. The van der Waals surface area contributed by atoms with E-state index in [1.807, 2.05) is 24.3 Å². The molecule has 1 aromatic heterocycles. The van der Waals surface area contributed by atoms with Crippen LogP contribution < -0.4 is 9.47 Å². The van der Waals surface area contributed by atoms with Crippen LogP contribution >= 0.6 is 0 Å². The molecule has 0 amide bonds. The van der Waals surface area contributed by atoms with Gasteiger partial charge in [-0.15, -0.1) is 0 Å².